The van der Waals surface area contributed by atoms with Crippen LogP contribution in [-0.4, -0.2) is 36.4 Å². The lowest BCUT2D eigenvalue weighted by molar-refractivity contribution is 0.117. The zero-order valence-electron chi connectivity index (χ0n) is 49.9. The van der Waals surface area contributed by atoms with Gasteiger partial charge in [0, 0.05) is 69.5 Å². The summed E-state index contributed by atoms with van der Waals surface area (Å²) >= 11 is 0. The molecule has 4 aromatic carbocycles. The van der Waals surface area contributed by atoms with Gasteiger partial charge in [-0.1, -0.05) is 165 Å². The summed E-state index contributed by atoms with van der Waals surface area (Å²) in [5.74, 6) is 0. The summed E-state index contributed by atoms with van der Waals surface area (Å²) in [7, 11) is 0. The molecule has 7 rings (SSSR count). The number of unbranched alkanes of at least 4 members (excludes halogenated alkanes) is 12. The second-order valence-electron chi connectivity index (χ2n) is 20.9. The minimum absolute atomic E-state index is 0.452. The molecule has 0 spiro atoms. The monoisotopic (exact) mass is 1110 g/mol. The van der Waals surface area contributed by atoms with Gasteiger partial charge in [-0.15, -0.1) is 0 Å². The molecule has 0 aliphatic heterocycles. The van der Waals surface area contributed by atoms with E-state index < -0.39 is 0 Å². The molecule has 3 aromatic heterocycles. The third-order valence-corrected chi connectivity index (χ3v) is 13.4. The molecule has 424 valence electrons. The molecule has 0 fully saturated rings. The fraction of sp³-hybridized carbons (Fsp3) is 0.359. The molecule has 6 heteroatoms. The van der Waals surface area contributed by atoms with Crippen molar-refractivity contribution in [1.29, 1.82) is 0 Å². The second-order valence-corrected chi connectivity index (χ2v) is 20.9. The van der Waals surface area contributed by atoms with Crippen LogP contribution in [0, 0.1) is 97.1 Å². The summed E-state index contributed by atoms with van der Waals surface area (Å²) in [6.45, 7) is 13.4. The lowest BCUT2D eigenvalue weighted by atomic mass is 10.1. The van der Waals surface area contributed by atoms with E-state index in [1.54, 1.807) is 0 Å². The molecule has 0 saturated heterocycles. The Hall–Kier alpha value is -8.50. The first kappa shape index (κ1) is 63.1. The van der Waals surface area contributed by atoms with Gasteiger partial charge in [0.1, 0.15) is 22.1 Å². The number of pyridine rings is 2. The highest BCUT2D eigenvalue weighted by Crippen LogP contribution is 2.16. The first-order valence-corrected chi connectivity index (χ1v) is 30.4. The fourth-order valence-electron chi connectivity index (χ4n) is 9.07. The Morgan fingerprint density at radius 3 is 0.714 bits per heavy atom. The van der Waals surface area contributed by atoms with Gasteiger partial charge in [-0.3, -0.25) is 0 Å². The van der Waals surface area contributed by atoms with Crippen LogP contribution in [0.1, 0.15) is 153 Å². The van der Waals surface area contributed by atoms with Crippen LogP contribution in [0.3, 0.4) is 0 Å². The number of hydrogen-bond donors (Lipinski definition) is 0. The molecule has 0 aliphatic rings. The number of fused-ring (bicyclic) bond motifs is 12. The van der Waals surface area contributed by atoms with Crippen molar-refractivity contribution in [2.24, 2.45) is 0 Å². The predicted molar refractivity (Wildman–Crippen MR) is 341 cm³/mol. The summed E-state index contributed by atoms with van der Waals surface area (Å²) in [6, 6.07) is 88.0. The number of benzene rings is 4. The van der Waals surface area contributed by atoms with Gasteiger partial charge in [-0.05, 0) is 194 Å². The average molecular weight is 1110 g/mol. The van der Waals surface area contributed by atoms with Gasteiger partial charge in [0.25, 0.3) is 0 Å². The molecule has 0 N–H and O–H groups in total. The van der Waals surface area contributed by atoms with E-state index >= 15 is 0 Å². The summed E-state index contributed by atoms with van der Waals surface area (Å²) in [4.78, 5) is 9.68. The van der Waals surface area contributed by atoms with Gasteiger partial charge in [0.2, 0.25) is 0 Å². The number of rotatable bonds is 28. The van der Waals surface area contributed by atoms with Crippen LogP contribution in [0.4, 0.5) is 0 Å². The highest BCUT2D eigenvalue weighted by atomic mass is 16.5. The van der Waals surface area contributed by atoms with Gasteiger partial charge < -0.3 is 18.9 Å². The highest BCUT2D eigenvalue weighted by Gasteiger charge is 2.01. The number of nitrogens with zero attached hydrogens (tertiary/aromatic N) is 2. The molecule has 3 heterocycles. The van der Waals surface area contributed by atoms with Crippen LogP contribution in [0.2, 0.25) is 0 Å². The molecule has 7 aromatic rings. The molecule has 0 aliphatic carbocycles. The Balaban J connectivity index is 1.35. The van der Waals surface area contributed by atoms with E-state index in [0.29, 0.717) is 74.9 Å². The van der Waals surface area contributed by atoms with E-state index in [0.717, 1.165) is 117 Å². The molecule has 0 saturated carbocycles. The van der Waals surface area contributed by atoms with Crippen LogP contribution >= 0.6 is 0 Å². The Morgan fingerprint density at radius 2 is 0.488 bits per heavy atom. The van der Waals surface area contributed by atoms with Crippen molar-refractivity contribution in [3.05, 3.63) is 229 Å². The topological polar surface area (TPSA) is 62.7 Å². The van der Waals surface area contributed by atoms with Gasteiger partial charge in [-0.25, -0.2) is 9.97 Å². The van der Waals surface area contributed by atoms with Crippen LogP contribution in [0.15, 0.2) is 109 Å². The minimum atomic E-state index is 0.452. The van der Waals surface area contributed by atoms with Crippen LogP contribution in [-0.2, 0) is 45.4 Å². The molecule has 0 amide bonds. The van der Waals surface area contributed by atoms with E-state index in [-0.39, 0.29) is 0 Å². The Bertz CT molecular complexity index is 3060. The quantitative estimate of drug-likeness (QED) is 0.0456. The number of aromatic nitrogens is 2. The van der Waals surface area contributed by atoms with E-state index in [1.165, 1.54) is 51.4 Å². The molecular formula is C78H78N2O4. The zero-order chi connectivity index (χ0) is 58.5. The normalized spacial score (nSPS) is 10.2. The maximum absolute atomic E-state index is 6.15. The summed E-state index contributed by atoms with van der Waals surface area (Å²) < 4.78 is 24.6. The highest BCUT2D eigenvalue weighted by molar-refractivity contribution is 5.70. The largest absolute Gasteiger partial charge is 0.377 e. The summed E-state index contributed by atoms with van der Waals surface area (Å²) in [6.07, 6.45) is 18.2. The smallest absolute Gasteiger partial charge is 0.115 e. The van der Waals surface area contributed by atoms with Gasteiger partial charge in [0.15, 0.2) is 0 Å². The molecule has 0 unspecified atom stereocenters. The Morgan fingerprint density at radius 1 is 0.262 bits per heavy atom. The molecule has 12 bridgehead atoms. The van der Waals surface area contributed by atoms with Crippen molar-refractivity contribution < 1.29 is 18.9 Å². The maximum atomic E-state index is 6.15. The number of ether oxygens (including phenoxy) is 4. The van der Waals surface area contributed by atoms with E-state index in [2.05, 4.69) is 173 Å². The first-order chi connectivity index (χ1) is 41.4. The van der Waals surface area contributed by atoms with Crippen LogP contribution < -0.4 is 0 Å². The lowest BCUT2D eigenvalue weighted by Crippen LogP contribution is -1.95. The molecule has 84 heavy (non-hydrogen) atoms. The van der Waals surface area contributed by atoms with E-state index in [1.807, 2.05) is 60.7 Å². The van der Waals surface area contributed by atoms with Gasteiger partial charge in [-0.2, -0.15) is 0 Å². The fourth-order valence-corrected chi connectivity index (χ4v) is 9.07. The minimum Gasteiger partial charge on any atom is -0.377 e. The molecule has 0 atom stereocenters. The summed E-state index contributed by atoms with van der Waals surface area (Å²) in [5.41, 5.74) is 6.35. The molecular weight excluding hydrogens is 1030 g/mol. The number of hydrogen-bond acceptors (Lipinski definition) is 6. The zero-order valence-corrected chi connectivity index (χ0v) is 49.9. The third kappa shape index (κ3) is 24.5. The lowest BCUT2D eigenvalue weighted by Gasteiger charge is -2.04. The third-order valence-electron chi connectivity index (χ3n) is 13.4. The van der Waals surface area contributed by atoms with Crippen molar-refractivity contribution in [3.8, 4) is 0 Å². The predicted octanol–water partition coefficient (Wildman–Crippen LogP) is 18.8. The van der Waals surface area contributed by atoms with Crippen molar-refractivity contribution >= 4 is 65.2 Å². The van der Waals surface area contributed by atoms with Crippen molar-refractivity contribution in [2.45, 2.75) is 157 Å². The van der Waals surface area contributed by atoms with E-state index in [4.69, 9.17) is 28.9 Å². The van der Waals surface area contributed by atoms with Crippen molar-refractivity contribution in [3.63, 3.8) is 0 Å². The average Bonchev–Trinajstić information content (AvgIpc) is 3.53. The standard InChI is InChI=1S/C78H78N2O4/c1-5-9-13-21-43-81-59-71-51-63-27-17-18-28-64-48-68(56-72(52-64)60-82-44-22-14-10-6-2)37-41-77-33-26-34-78(80-77)42-38-70-50-66(54-74(58-70)62-84-46-24-16-12-8-4)30-20-19-29-65-49-69(57-73(53-65)61-83-45-23-15-11-7-3)36-40-76-32-25-31-75(79-76)39-35-67(47-63)55-71/h25-26,31-34,47-58H,5-16,21-24,43-46,59-62H2,1-4H3. The first-order valence-electron chi connectivity index (χ1n) is 30.4. The molecule has 0 radical (unpaired) electrons. The summed E-state index contributed by atoms with van der Waals surface area (Å²) in [5, 5.41) is 6.35. The van der Waals surface area contributed by atoms with Gasteiger partial charge >= 0.3 is 0 Å². The van der Waals surface area contributed by atoms with Crippen LogP contribution in [0.5, 0.6) is 0 Å². The molecule has 6 nitrogen and oxygen atoms in total. The van der Waals surface area contributed by atoms with Crippen LogP contribution in [0.25, 0.3) is 65.2 Å². The van der Waals surface area contributed by atoms with Crippen molar-refractivity contribution in [2.75, 3.05) is 26.4 Å². The maximum Gasteiger partial charge on any atom is 0.115 e. The second kappa shape index (κ2) is 37.6. The Kier molecular flexibility index (Phi) is 28.2. The van der Waals surface area contributed by atoms with E-state index in [9.17, 15) is 0 Å². The van der Waals surface area contributed by atoms with Crippen molar-refractivity contribution in [1.82, 2.24) is 9.97 Å². The van der Waals surface area contributed by atoms with Gasteiger partial charge in [0.05, 0.1) is 26.4 Å². The Labute approximate surface area is 503 Å². The SMILES string of the molecule is CCCCCCOCc1cc2c#cc#cc3cc(COCCCCCC)cc(c#cc4cccc(c#cc5cc(COCCCCCC)cc(c#cc#cc6cc(COCCCCCC)cc(c#cc7cccc(c#cc(c1)c2)n7)c6)c5)n4)c3.